The third-order valence-electron chi connectivity index (χ3n) is 2.07. The predicted molar refractivity (Wildman–Crippen MR) is 65.5 cm³/mol. The Balaban J connectivity index is 3.05. The van der Waals surface area contributed by atoms with Crippen LogP contribution in [0.5, 0.6) is 11.5 Å². The molecule has 0 amide bonds. The Bertz CT molecular complexity index is 289. The first kappa shape index (κ1) is 12.9. The Morgan fingerprint density at radius 2 is 1.40 bits per heavy atom. The maximum atomic E-state index is 5.27. The summed E-state index contributed by atoms with van der Waals surface area (Å²) in [5.41, 5.74) is 1.36. The van der Waals surface area contributed by atoms with E-state index in [4.69, 9.17) is 9.47 Å². The third kappa shape index (κ3) is 3.42. The van der Waals surface area contributed by atoms with Gasteiger partial charge in [0, 0.05) is 0 Å². The van der Waals surface area contributed by atoms with Crippen molar-refractivity contribution in [2.75, 3.05) is 14.2 Å². The van der Waals surface area contributed by atoms with Gasteiger partial charge in [-0.3, -0.25) is 0 Å². The minimum atomic E-state index is 0.645. The van der Waals surface area contributed by atoms with Crippen molar-refractivity contribution in [2.24, 2.45) is 0 Å². The van der Waals surface area contributed by atoms with Gasteiger partial charge in [-0.15, -0.1) is 0 Å². The SMILES string of the molecule is COc1cc(OC)cc(C([Se]C)[Se]C)c1. The molecule has 1 rings (SSSR count). The van der Waals surface area contributed by atoms with E-state index in [0.717, 1.165) is 11.5 Å². The molecule has 0 aliphatic carbocycles. The molecule has 0 aliphatic heterocycles. The first-order valence-electron chi connectivity index (χ1n) is 4.53. The second-order valence-corrected chi connectivity index (χ2v) is 8.42. The number of methoxy groups -OCH3 is 2. The van der Waals surface area contributed by atoms with E-state index in [1.54, 1.807) is 14.2 Å². The van der Waals surface area contributed by atoms with Crippen LogP contribution < -0.4 is 9.47 Å². The van der Waals surface area contributed by atoms with E-state index >= 15 is 0 Å². The van der Waals surface area contributed by atoms with Crippen molar-refractivity contribution < 1.29 is 9.47 Å². The van der Waals surface area contributed by atoms with Crippen molar-refractivity contribution in [3.05, 3.63) is 23.8 Å². The fourth-order valence-corrected chi connectivity index (χ4v) is 5.55. The number of rotatable bonds is 5. The first-order chi connectivity index (χ1) is 7.24. The summed E-state index contributed by atoms with van der Waals surface area (Å²) in [5.74, 6) is 6.36. The van der Waals surface area contributed by atoms with Gasteiger partial charge in [0.2, 0.25) is 0 Å². The fourth-order valence-electron chi connectivity index (χ4n) is 1.33. The van der Waals surface area contributed by atoms with Crippen LogP contribution in [0.1, 0.15) is 9.28 Å². The molecule has 0 spiro atoms. The zero-order valence-electron chi connectivity index (χ0n) is 9.44. The second kappa shape index (κ2) is 6.44. The molecule has 0 radical (unpaired) electrons. The maximum absolute atomic E-state index is 5.27. The molecule has 1 aromatic rings. The topological polar surface area (TPSA) is 18.5 Å². The van der Waals surface area contributed by atoms with Gasteiger partial charge in [-0.25, -0.2) is 0 Å². The molecule has 15 heavy (non-hydrogen) atoms. The molecule has 0 aliphatic rings. The summed E-state index contributed by atoms with van der Waals surface area (Å²) in [7, 11) is 3.39. The van der Waals surface area contributed by atoms with Gasteiger partial charge in [0.25, 0.3) is 0 Å². The molecule has 0 heterocycles. The zero-order valence-corrected chi connectivity index (χ0v) is 12.9. The molecular formula is C11H16O2Se2. The summed E-state index contributed by atoms with van der Waals surface area (Å²) >= 11 is 1.29. The van der Waals surface area contributed by atoms with E-state index in [9.17, 15) is 0 Å². The van der Waals surface area contributed by atoms with Crippen LogP contribution in [0.25, 0.3) is 0 Å². The van der Waals surface area contributed by atoms with Crippen LogP contribution in [0, 0.1) is 0 Å². The van der Waals surface area contributed by atoms with E-state index in [2.05, 4.69) is 23.8 Å². The van der Waals surface area contributed by atoms with Gasteiger partial charge < -0.3 is 0 Å². The van der Waals surface area contributed by atoms with Crippen LogP contribution in [-0.2, 0) is 0 Å². The minimum absolute atomic E-state index is 0.645. The Hall–Kier alpha value is -0.141. The quantitative estimate of drug-likeness (QED) is 0.767. The van der Waals surface area contributed by atoms with Crippen molar-refractivity contribution >= 4 is 29.9 Å². The predicted octanol–water partition coefficient (Wildman–Crippen LogP) is 2.21. The van der Waals surface area contributed by atoms with Gasteiger partial charge in [-0.2, -0.15) is 0 Å². The summed E-state index contributed by atoms with van der Waals surface area (Å²) in [6.45, 7) is 0. The van der Waals surface area contributed by atoms with Gasteiger partial charge in [-0.05, 0) is 0 Å². The molecule has 0 saturated heterocycles. The van der Waals surface area contributed by atoms with E-state index in [1.807, 2.05) is 6.07 Å². The van der Waals surface area contributed by atoms with Crippen LogP contribution in [0.2, 0.25) is 11.6 Å². The van der Waals surface area contributed by atoms with Crippen molar-refractivity contribution in [1.29, 1.82) is 0 Å². The summed E-state index contributed by atoms with van der Waals surface area (Å²) in [4.78, 5) is 0. The summed E-state index contributed by atoms with van der Waals surface area (Å²) in [6, 6.07) is 6.18. The molecule has 84 valence electrons. The number of ether oxygens (including phenoxy) is 2. The Kier molecular flexibility index (Phi) is 5.55. The molecular weight excluding hydrogens is 322 g/mol. The van der Waals surface area contributed by atoms with Crippen LogP contribution in [0.4, 0.5) is 0 Å². The zero-order chi connectivity index (χ0) is 11.3. The van der Waals surface area contributed by atoms with E-state index in [-0.39, 0.29) is 0 Å². The molecule has 2 nitrogen and oxygen atoms in total. The average molecular weight is 338 g/mol. The van der Waals surface area contributed by atoms with E-state index in [1.165, 1.54) is 5.56 Å². The second-order valence-electron chi connectivity index (χ2n) is 2.95. The van der Waals surface area contributed by atoms with Crippen molar-refractivity contribution in [2.45, 2.75) is 15.4 Å². The van der Waals surface area contributed by atoms with E-state index in [0.29, 0.717) is 33.6 Å². The number of hydrogen-bond acceptors (Lipinski definition) is 2. The normalized spacial score (nSPS) is 10.5. The molecule has 1 aromatic carbocycles. The van der Waals surface area contributed by atoms with Crippen molar-refractivity contribution in [1.82, 2.24) is 0 Å². The molecule has 0 bridgehead atoms. The van der Waals surface area contributed by atoms with Crippen LogP contribution >= 0.6 is 0 Å². The molecule has 0 saturated carbocycles. The van der Waals surface area contributed by atoms with Gasteiger partial charge in [0.15, 0.2) is 0 Å². The Morgan fingerprint density at radius 1 is 0.933 bits per heavy atom. The van der Waals surface area contributed by atoms with Crippen LogP contribution in [0.15, 0.2) is 18.2 Å². The summed E-state index contributed by atoms with van der Waals surface area (Å²) in [5, 5.41) is 0. The van der Waals surface area contributed by atoms with Gasteiger partial charge in [0.05, 0.1) is 0 Å². The Morgan fingerprint density at radius 3 is 1.73 bits per heavy atom. The fraction of sp³-hybridized carbons (Fsp3) is 0.455. The first-order valence-corrected chi connectivity index (χ1v) is 9.94. The van der Waals surface area contributed by atoms with Gasteiger partial charge in [-0.1, -0.05) is 0 Å². The molecule has 0 N–H and O–H groups in total. The summed E-state index contributed by atoms with van der Waals surface area (Å²) in [6.07, 6.45) is 0. The van der Waals surface area contributed by atoms with E-state index < -0.39 is 0 Å². The van der Waals surface area contributed by atoms with Gasteiger partial charge in [0.1, 0.15) is 0 Å². The Labute approximate surface area is 104 Å². The van der Waals surface area contributed by atoms with Crippen molar-refractivity contribution in [3.8, 4) is 11.5 Å². The molecule has 0 aromatic heterocycles. The van der Waals surface area contributed by atoms with Gasteiger partial charge >= 0.3 is 104 Å². The molecule has 0 atom stereocenters. The standard InChI is InChI=1S/C11H16O2Se2/c1-12-9-5-8(11(14-3)15-4)6-10(7-9)13-2/h5-7,11H,1-4H3. The summed E-state index contributed by atoms with van der Waals surface area (Å²) < 4.78 is 11.3. The molecule has 4 heteroatoms. The number of hydrogen-bond donors (Lipinski definition) is 0. The number of benzene rings is 1. The monoisotopic (exact) mass is 340 g/mol. The van der Waals surface area contributed by atoms with Crippen molar-refractivity contribution in [3.63, 3.8) is 0 Å². The average Bonchev–Trinajstić information content (AvgIpc) is 2.30. The molecule has 0 unspecified atom stereocenters. The molecule has 0 fully saturated rings. The van der Waals surface area contributed by atoms with Crippen LogP contribution in [-0.4, -0.2) is 44.1 Å². The third-order valence-corrected chi connectivity index (χ3v) is 9.21. The van der Waals surface area contributed by atoms with Crippen LogP contribution in [0.3, 0.4) is 0 Å².